The van der Waals surface area contributed by atoms with Crippen molar-refractivity contribution < 1.29 is 9.59 Å². The summed E-state index contributed by atoms with van der Waals surface area (Å²) in [4.78, 5) is 21.6. The first kappa shape index (κ1) is 7.72. The van der Waals surface area contributed by atoms with Crippen molar-refractivity contribution in [2.45, 2.75) is 13.3 Å². The third-order valence-corrected chi connectivity index (χ3v) is 1.54. The molecule has 1 aliphatic carbocycles. The minimum absolute atomic E-state index is 0.107. The summed E-state index contributed by atoms with van der Waals surface area (Å²) >= 11 is 0. The van der Waals surface area contributed by atoms with Crippen molar-refractivity contribution in [2.24, 2.45) is 5.73 Å². The van der Waals surface area contributed by atoms with Gasteiger partial charge in [0, 0.05) is 6.42 Å². The highest BCUT2D eigenvalue weighted by molar-refractivity contribution is 6.20. The maximum Gasteiger partial charge on any atom is 0.252 e. The van der Waals surface area contributed by atoms with Crippen LogP contribution in [0.3, 0.4) is 0 Å². The van der Waals surface area contributed by atoms with Gasteiger partial charge in [-0.1, -0.05) is 11.6 Å². The first-order chi connectivity index (χ1) is 5.11. The normalized spacial score (nSPS) is 17.4. The molecule has 0 spiro atoms. The summed E-state index contributed by atoms with van der Waals surface area (Å²) in [5.74, 6) is -0.823. The van der Waals surface area contributed by atoms with E-state index in [1.54, 1.807) is 6.08 Å². The van der Waals surface area contributed by atoms with Crippen LogP contribution < -0.4 is 5.73 Å². The highest BCUT2D eigenvalue weighted by Crippen LogP contribution is 2.13. The van der Waals surface area contributed by atoms with E-state index in [1.165, 1.54) is 6.08 Å². The molecule has 0 heterocycles. The zero-order valence-electron chi connectivity index (χ0n) is 6.26. The lowest BCUT2D eigenvalue weighted by molar-refractivity contribution is -0.120. The summed E-state index contributed by atoms with van der Waals surface area (Å²) in [6.07, 6.45) is 3.53. The van der Waals surface area contributed by atoms with E-state index in [0.717, 1.165) is 5.57 Å². The van der Waals surface area contributed by atoms with Gasteiger partial charge in [0.1, 0.15) is 0 Å². The van der Waals surface area contributed by atoms with E-state index in [-0.39, 0.29) is 11.4 Å². The molecule has 0 atom stereocenters. The number of hydrogen-bond acceptors (Lipinski definition) is 2. The Labute approximate surface area is 64.6 Å². The minimum Gasteiger partial charge on any atom is -0.365 e. The van der Waals surface area contributed by atoms with Crippen LogP contribution in [0, 0.1) is 0 Å². The number of ketones is 1. The molecule has 2 N–H and O–H groups in total. The molecular formula is C8H9NO2. The van der Waals surface area contributed by atoms with E-state index < -0.39 is 5.91 Å². The van der Waals surface area contributed by atoms with E-state index in [9.17, 15) is 9.59 Å². The molecule has 11 heavy (non-hydrogen) atoms. The lowest BCUT2D eigenvalue weighted by Gasteiger charge is -2.06. The highest BCUT2D eigenvalue weighted by atomic mass is 16.2. The quantitative estimate of drug-likeness (QED) is 0.548. The number of primary amides is 1. The molecule has 3 nitrogen and oxygen atoms in total. The van der Waals surface area contributed by atoms with E-state index in [0.29, 0.717) is 6.42 Å². The molecule has 1 rings (SSSR count). The van der Waals surface area contributed by atoms with Crippen LogP contribution in [0.5, 0.6) is 0 Å². The Balaban J connectivity index is 2.96. The van der Waals surface area contributed by atoms with Crippen molar-refractivity contribution in [3.8, 4) is 0 Å². The van der Waals surface area contributed by atoms with Gasteiger partial charge in [-0.25, -0.2) is 0 Å². The Morgan fingerprint density at radius 1 is 1.55 bits per heavy atom. The summed E-state index contributed by atoms with van der Waals surface area (Å²) in [6, 6.07) is 0. The second-order valence-corrected chi connectivity index (χ2v) is 2.56. The van der Waals surface area contributed by atoms with Crippen LogP contribution in [-0.2, 0) is 9.59 Å². The first-order valence-corrected chi connectivity index (χ1v) is 3.31. The predicted molar refractivity (Wildman–Crippen MR) is 40.7 cm³/mol. The molecule has 0 aliphatic heterocycles. The monoisotopic (exact) mass is 151 g/mol. The first-order valence-electron chi connectivity index (χ1n) is 3.31. The van der Waals surface area contributed by atoms with Crippen molar-refractivity contribution in [2.75, 3.05) is 0 Å². The molecule has 0 aromatic heterocycles. The van der Waals surface area contributed by atoms with E-state index in [2.05, 4.69) is 0 Å². The molecular weight excluding hydrogens is 142 g/mol. The van der Waals surface area contributed by atoms with E-state index in [4.69, 9.17) is 5.73 Å². The number of allylic oxidation sites excluding steroid dienone is 3. The van der Waals surface area contributed by atoms with Crippen LogP contribution in [0.1, 0.15) is 13.3 Å². The van der Waals surface area contributed by atoms with Gasteiger partial charge < -0.3 is 5.73 Å². The molecule has 58 valence electrons. The SMILES string of the molecule is CC1=CC=C(C(N)=O)C(=O)C1. The summed E-state index contributed by atoms with van der Waals surface area (Å²) in [6.45, 7) is 1.84. The molecule has 0 radical (unpaired) electrons. The highest BCUT2D eigenvalue weighted by Gasteiger charge is 2.17. The van der Waals surface area contributed by atoms with Gasteiger partial charge >= 0.3 is 0 Å². The zero-order valence-corrected chi connectivity index (χ0v) is 6.26. The molecule has 0 saturated carbocycles. The number of amides is 1. The number of carbonyl (C=O) groups is 2. The predicted octanol–water partition coefficient (Wildman–Crippen LogP) is 0.317. The molecule has 0 fully saturated rings. The molecule has 1 amide bonds. The largest absolute Gasteiger partial charge is 0.365 e. The van der Waals surface area contributed by atoms with Gasteiger partial charge in [0.15, 0.2) is 5.78 Å². The Morgan fingerprint density at radius 3 is 2.64 bits per heavy atom. The van der Waals surface area contributed by atoms with Crippen molar-refractivity contribution in [3.63, 3.8) is 0 Å². The average molecular weight is 151 g/mol. The number of rotatable bonds is 1. The Hall–Kier alpha value is -1.38. The number of hydrogen-bond donors (Lipinski definition) is 1. The van der Waals surface area contributed by atoms with Gasteiger partial charge in [0.05, 0.1) is 5.57 Å². The molecule has 0 saturated heterocycles. The van der Waals surface area contributed by atoms with Crippen molar-refractivity contribution >= 4 is 11.7 Å². The molecule has 0 aromatic carbocycles. The standard InChI is InChI=1S/C8H9NO2/c1-5-2-3-6(8(9)11)7(10)4-5/h2-3H,4H2,1H3,(H2,9,11). The van der Waals surface area contributed by atoms with Gasteiger partial charge in [-0.05, 0) is 13.0 Å². The number of carbonyl (C=O) groups excluding carboxylic acids is 2. The van der Waals surface area contributed by atoms with Gasteiger partial charge in [0.2, 0.25) is 0 Å². The molecule has 0 aromatic rings. The lowest BCUT2D eigenvalue weighted by atomic mass is 9.98. The van der Waals surface area contributed by atoms with Crippen LogP contribution >= 0.6 is 0 Å². The maximum atomic E-state index is 11.0. The lowest BCUT2D eigenvalue weighted by Crippen LogP contribution is -2.22. The van der Waals surface area contributed by atoms with Gasteiger partial charge in [-0.15, -0.1) is 0 Å². The van der Waals surface area contributed by atoms with Crippen LogP contribution in [0.4, 0.5) is 0 Å². The number of Topliss-reactive ketones (excluding diaryl/α,β-unsaturated/α-hetero) is 1. The second-order valence-electron chi connectivity index (χ2n) is 2.56. The fourth-order valence-corrected chi connectivity index (χ4v) is 0.945. The minimum atomic E-state index is -0.640. The third kappa shape index (κ3) is 1.55. The van der Waals surface area contributed by atoms with Crippen molar-refractivity contribution in [3.05, 3.63) is 23.3 Å². The molecule has 3 heteroatoms. The Kier molecular flexibility index (Phi) is 1.89. The average Bonchev–Trinajstić information content (AvgIpc) is 1.85. The second kappa shape index (κ2) is 2.70. The summed E-state index contributed by atoms with van der Waals surface area (Å²) in [7, 11) is 0. The topological polar surface area (TPSA) is 60.2 Å². The third-order valence-electron chi connectivity index (χ3n) is 1.54. The van der Waals surface area contributed by atoms with Crippen LogP contribution in [0.25, 0.3) is 0 Å². The molecule has 0 bridgehead atoms. The van der Waals surface area contributed by atoms with E-state index >= 15 is 0 Å². The molecule has 0 unspecified atom stereocenters. The summed E-state index contributed by atoms with van der Waals surface area (Å²) < 4.78 is 0. The van der Waals surface area contributed by atoms with Crippen LogP contribution in [-0.4, -0.2) is 11.7 Å². The Bertz CT molecular complexity index is 274. The number of nitrogens with two attached hydrogens (primary N) is 1. The van der Waals surface area contributed by atoms with Crippen LogP contribution in [0.2, 0.25) is 0 Å². The van der Waals surface area contributed by atoms with Gasteiger partial charge in [0.25, 0.3) is 5.91 Å². The van der Waals surface area contributed by atoms with Crippen LogP contribution in [0.15, 0.2) is 23.3 Å². The Morgan fingerprint density at radius 2 is 2.18 bits per heavy atom. The van der Waals surface area contributed by atoms with Gasteiger partial charge in [-0.2, -0.15) is 0 Å². The fraction of sp³-hybridized carbons (Fsp3) is 0.250. The zero-order chi connectivity index (χ0) is 8.43. The van der Waals surface area contributed by atoms with E-state index in [1.807, 2.05) is 6.92 Å². The summed E-state index contributed by atoms with van der Waals surface area (Å²) in [5.41, 5.74) is 6.01. The fourth-order valence-electron chi connectivity index (χ4n) is 0.945. The van der Waals surface area contributed by atoms with Crippen molar-refractivity contribution in [1.82, 2.24) is 0 Å². The molecule has 1 aliphatic rings. The van der Waals surface area contributed by atoms with Gasteiger partial charge in [-0.3, -0.25) is 9.59 Å². The van der Waals surface area contributed by atoms with Crippen molar-refractivity contribution in [1.29, 1.82) is 0 Å². The maximum absolute atomic E-state index is 11.0. The smallest absolute Gasteiger partial charge is 0.252 e. The summed E-state index contributed by atoms with van der Waals surface area (Å²) in [5, 5.41) is 0.